The van der Waals surface area contributed by atoms with Crippen molar-refractivity contribution in [3.05, 3.63) is 64.3 Å². The summed E-state index contributed by atoms with van der Waals surface area (Å²) in [5.74, 6) is 0.708. The van der Waals surface area contributed by atoms with Crippen LogP contribution in [-0.4, -0.2) is 9.97 Å². The molecule has 0 unspecified atom stereocenters. The van der Waals surface area contributed by atoms with E-state index in [1.807, 2.05) is 30.3 Å². The van der Waals surface area contributed by atoms with Gasteiger partial charge in [0.2, 0.25) is 0 Å². The lowest BCUT2D eigenvalue weighted by Gasteiger charge is -2.03. The lowest BCUT2D eigenvalue weighted by atomic mass is 10.2. The summed E-state index contributed by atoms with van der Waals surface area (Å²) in [6, 6.07) is 10.9. The SMILES string of the molecule is S=C(/C=C/c1ccc(Cl)cc1Cl)Nc1ccccn1. The standard InChI is InChI=1S/C14H10Cl2N2S/c15-11-6-4-10(12(16)9-11)5-7-14(19)18-13-3-1-2-8-17-13/h1-9H,(H,17,18,19)/b7-5+. The molecule has 0 aliphatic heterocycles. The molecule has 96 valence electrons. The maximum absolute atomic E-state index is 6.06. The van der Waals surface area contributed by atoms with Crippen LogP contribution in [0.4, 0.5) is 5.82 Å². The molecule has 5 heteroatoms. The first-order valence-corrected chi connectivity index (χ1v) is 6.67. The maximum Gasteiger partial charge on any atom is 0.130 e. The Labute approximate surface area is 127 Å². The first kappa shape index (κ1) is 14.0. The van der Waals surface area contributed by atoms with Gasteiger partial charge in [0.05, 0.1) is 0 Å². The van der Waals surface area contributed by atoms with E-state index in [0.717, 1.165) is 5.56 Å². The van der Waals surface area contributed by atoms with E-state index in [4.69, 9.17) is 35.4 Å². The molecule has 0 aliphatic rings. The van der Waals surface area contributed by atoms with E-state index in [1.165, 1.54) is 0 Å². The van der Waals surface area contributed by atoms with Crippen LogP contribution in [-0.2, 0) is 0 Å². The van der Waals surface area contributed by atoms with Gasteiger partial charge in [0.25, 0.3) is 0 Å². The largest absolute Gasteiger partial charge is 0.331 e. The van der Waals surface area contributed by atoms with E-state index in [0.29, 0.717) is 20.9 Å². The topological polar surface area (TPSA) is 24.9 Å². The molecular formula is C14H10Cl2N2S. The molecule has 2 aromatic rings. The number of benzene rings is 1. The number of hydrogen-bond acceptors (Lipinski definition) is 2. The third kappa shape index (κ3) is 4.31. The number of hydrogen-bond donors (Lipinski definition) is 1. The lowest BCUT2D eigenvalue weighted by molar-refractivity contribution is 1.33. The molecule has 2 nitrogen and oxygen atoms in total. The molecule has 0 aliphatic carbocycles. The molecule has 0 fully saturated rings. The average Bonchev–Trinajstić information content (AvgIpc) is 2.39. The third-order valence-corrected chi connectivity index (χ3v) is 3.09. The van der Waals surface area contributed by atoms with Gasteiger partial charge in [-0.3, -0.25) is 0 Å². The zero-order chi connectivity index (χ0) is 13.7. The van der Waals surface area contributed by atoms with Gasteiger partial charge in [0.1, 0.15) is 10.8 Å². The van der Waals surface area contributed by atoms with Crippen molar-refractivity contribution >= 4 is 52.3 Å². The predicted molar refractivity (Wildman–Crippen MR) is 86.0 cm³/mol. The minimum absolute atomic E-state index is 0.560. The lowest BCUT2D eigenvalue weighted by Crippen LogP contribution is -2.06. The number of anilines is 1. The van der Waals surface area contributed by atoms with E-state index >= 15 is 0 Å². The summed E-state index contributed by atoms with van der Waals surface area (Å²) >= 11 is 17.1. The quantitative estimate of drug-likeness (QED) is 0.648. The van der Waals surface area contributed by atoms with E-state index in [2.05, 4.69) is 10.3 Å². The molecule has 1 heterocycles. The third-order valence-electron chi connectivity index (χ3n) is 2.29. The van der Waals surface area contributed by atoms with Crippen molar-refractivity contribution in [1.29, 1.82) is 0 Å². The summed E-state index contributed by atoms with van der Waals surface area (Å²) < 4.78 is 0. The molecule has 0 bridgehead atoms. The Kier molecular flexibility index (Phi) is 4.91. The summed E-state index contributed by atoms with van der Waals surface area (Å²) in [4.78, 5) is 4.69. The van der Waals surface area contributed by atoms with Gasteiger partial charge in [-0.2, -0.15) is 0 Å². The second kappa shape index (κ2) is 6.66. The number of aromatic nitrogens is 1. The highest BCUT2D eigenvalue weighted by Gasteiger charge is 1.98. The van der Waals surface area contributed by atoms with Crippen LogP contribution >= 0.6 is 35.4 Å². The van der Waals surface area contributed by atoms with Gasteiger partial charge in [-0.15, -0.1) is 0 Å². The van der Waals surface area contributed by atoms with E-state index in [-0.39, 0.29) is 0 Å². The molecule has 1 aromatic heterocycles. The summed E-state index contributed by atoms with van der Waals surface area (Å²) in [7, 11) is 0. The number of nitrogens with zero attached hydrogens (tertiary/aromatic N) is 1. The number of pyridine rings is 1. The average molecular weight is 309 g/mol. The zero-order valence-corrected chi connectivity index (χ0v) is 12.1. The molecule has 0 saturated carbocycles. The fourth-order valence-corrected chi connectivity index (χ4v) is 2.05. The van der Waals surface area contributed by atoms with Gasteiger partial charge in [-0.25, -0.2) is 4.98 Å². The predicted octanol–water partition coefficient (Wildman–Crippen LogP) is 4.84. The zero-order valence-electron chi connectivity index (χ0n) is 9.81. The Bertz CT molecular complexity index is 612. The molecule has 0 spiro atoms. The van der Waals surface area contributed by atoms with Gasteiger partial charge < -0.3 is 5.32 Å². The molecule has 2 rings (SSSR count). The highest BCUT2D eigenvalue weighted by molar-refractivity contribution is 7.81. The summed E-state index contributed by atoms with van der Waals surface area (Å²) in [5.41, 5.74) is 0.858. The Hall–Kier alpha value is -1.42. The van der Waals surface area contributed by atoms with Gasteiger partial charge >= 0.3 is 0 Å². The van der Waals surface area contributed by atoms with Gasteiger partial charge in [0, 0.05) is 16.2 Å². The van der Waals surface area contributed by atoms with Crippen LogP contribution in [0.15, 0.2) is 48.7 Å². The summed E-state index contributed by atoms with van der Waals surface area (Å²) in [6.07, 6.45) is 5.29. The molecule has 1 aromatic carbocycles. The van der Waals surface area contributed by atoms with Gasteiger partial charge in [-0.1, -0.05) is 53.6 Å². The minimum Gasteiger partial charge on any atom is -0.331 e. The van der Waals surface area contributed by atoms with E-state index in [1.54, 1.807) is 24.4 Å². The van der Waals surface area contributed by atoms with Crippen molar-refractivity contribution in [3.8, 4) is 0 Å². The minimum atomic E-state index is 0.560. The van der Waals surface area contributed by atoms with Crippen LogP contribution in [0, 0.1) is 0 Å². The highest BCUT2D eigenvalue weighted by atomic mass is 35.5. The van der Waals surface area contributed by atoms with Crippen molar-refractivity contribution < 1.29 is 0 Å². The first-order chi connectivity index (χ1) is 9.15. The van der Waals surface area contributed by atoms with Crippen LogP contribution in [0.5, 0.6) is 0 Å². The van der Waals surface area contributed by atoms with Crippen molar-refractivity contribution in [3.63, 3.8) is 0 Å². The molecule has 0 saturated heterocycles. The molecule has 0 radical (unpaired) electrons. The van der Waals surface area contributed by atoms with Crippen molar-refractivity contribution in [2.24, 2.45) is 0 Å². The monoisotopic (exact) mass is 308 g/mol. The number of halogens is 2. The van der Waals surface area contributed by atoms with Gasteiger partial charge in [0.15, 0.2) is 0 Å². The second-order valence-electron chi connectivity index (χ2n) is 3.70. The first-order valence-electron chi connectivity index (χ1n) is 5.50. The fraction of sp³-hybridized carbons (Fsp3) is 0. The molecule has 1 N–H and O–H groups in total. The number of rotatable bonds is 3. The fourth-order valence-electron chi connectivity index (χ4n) is 1.41. The summed E-state index contributed by atoms with van der Waals surface area (Å²) in [6.45, 7) is 0. The van der Waals surface area contributed by atoms with Crippen LogP contribution in [0.25, 0.3) is 6.08 Å². The van der Waals surface area contributed by atoms with Crippen molar-refractivity contribution in [2.45, 2.75) is 0 Å². The number of nitrogens with one attached hydrogen (secondary N) is 1. The Morgan fingerprint density at radius 3 is 2.74 bits per heavy atom. The second-order valence-corrected chi connectivity index (χ2v) is 4.99. The molecular weight excluding hydrogens is 299 g/mol. The molecule has 0 atom stereocenters. The molecule has 19 heavy (non-hydrogen) atoms. The normalized spacial score (nSPS) is 10.6. The number of thiocarbonyl (C=S) groups is 1. The Balaban J connectivity index is 2.04. The van der Waals surface area contributed by atoms with Crippen molar-refractivity contribution in [2.75, 3.05) is 5.32 Å². The van der Waals surface area contributed by atoms with E-state index < -0.39 is 0 Å². The van der Waals surface area contributed by atoms with Crippen LogP contribution in [0.3, 0.4) is 0 Å². The smallest absolute Gasteiger partial charge is 0.130 e. The van der Waals surface area contributed by atoms with Crippen LogP contribution < -0.4 is 5.32 Å². The molecule has 0 amide bonds. The van der Waals surface area contributed by atoms with E-state index in [9.17, 15) is 0 Å². The summed E-state index contributed by atoms with van der Waals surface area (Å²) in [5, 5.41) is 4.20. The van der Waals surface area contributed by atoms with Crippen LogP contribution in [0.1, 0.15) is 5.56 Å². The van der Waals surface area contributed by atoms with Gasteiger partial charge in [-0.05, 0) is 35.9 Å². The Morgan fingerprint density at radius 1 is 1.21 bits per heavy atom. The highest BCUT2D eigenvalue weighted by Crippen LogP contribution is 2.22. The van der Waals surface area contributed by atoms with Crippen LogP contribution in [0.2, 0.25) is 10.0 Å². The Morgan fingerprint density at radius 2 is 2.05 bits per heavy atom. The maximum atomic E-state index is 6.06. The van der Waals surface area contributed by atoms with Crippen molar-refractivity contribution in [1.82, 2.24) is 4.98 Å².